The van der Waals surface area contributed by atoms with E-state index in [1.807, 2.05) is 56.3 Å². The molecule has 1 amide bonds. The summed E-state index contributed by atoms with van der Waals surface area (Å²) in [5.74, 6) is 0.421. The molecule has 0 fully saturated rings. The number of hydrogen-bond donors (Lipinski definition) is 2. The summed E-state index contributed by atoms with van der Waals surface area (Å²) in [6.45, 7) is 3.91. The zero-order valence-electron chi connectivity index (χ0n) is 17.4. The van der Waals surface area contributed by atoms with E-state index in [4.69, 9.17) is 21.9 Å². The minimum absolute atomic E-state index is 0.0713. The monoisotopic (exact) mass is 525 g/mol. The highest BCUT2D eigenvalue weighted by Gasteiger charge is 2.14. The maximum atomic E-state index is 12.6. The van der Waals surface area contributed by atoms with Crippen molar-refractivity contribution < 1.29 is 9.53 Å². The normalized spacial score (nSPS) is 10.9. The molecule has 0 unspecified atom stereocenters. The second-order valence-corrected chi connectivity index (χ2v) is 9.63. The van der Waals surface area contributed by atoms with E-state index in [9.17, 15) is 4.79 Å². The Hall–Kier alpha value is -2.81. The molecule has 0 bridgehead atoms. The average molecular weight is 526 g/mol. The number of halogens is 1. The molecule has 0 saturated carbocycles. The van der Waals surface area contributed by atoms with Crippen LogP contribution in [0.4, 0.5) is 5.69 Å². The van der Waals surface area contributed by atoms with Gasteiger partial charge in [-0.25, -0.2) is 4.98 Å². The van der Waals surface area contributed by atoms with E-state index in [1.54, 1.807) is 35.6 Å². The number of benzene rings is 3. The first kappa shape index (κ1) is 22.4. The highest BCUT2D eigenvalue weighted by atomic mass is 79.9. The van der Waals surface area contributed by atoms with Crippen LogP contribution in [0.2, 0.25) is 0 Å². The number of nitrogens with one attached hydrogen (secondary N) is 2. The molecule has 0 aliphatic carbocycles. The van der Waals surface area contributed by atoms with Crippen molar-refractivity contribution in [1.29, 1.82) is 0 Å². The van der Waals surface area contributed by atoms with Gasteiger partial charge in [-0.05, 0) is 80.7 Å². The lowest BCUT2D eigenvalue weighted by atomic mass is 10.2. The second kappa shape index (κ2) is 9.77. The summed E-state index contributed by atoms with van der Waals surface area (Å²) >= 11 is 10.5. The fourth-order valence-corrected chi connectivity index (χ4v) is 4.64. The molecule has 1 heterocycles. The standard InChI is InChI=1S/C24H20BrN3O2S2/c1-14(2)30-17-10-7-15(8-11-17)22(29)28-24(31)27-19-12-9-16(25)13-18(19)23-26-20-5-3-4-6-21(20)32-23/h3-14H,1-2H3,(H2,27,28,29,31). The number of carbonyl (C=O) groups is 1. The van der Waals surface area contributed by atoms with E-state index in [0.717, 1.165) is 30.9 Å². The van der Waals surface area contributed by atoms with Crippen molar-refractivity contribution in [3.05, 3.63) is 76.8 Å². The van der Waals surface area contributed by atoms with E-state index < -0.39 is 0 Å². The number of thiazole rings is 1. The van der Waals surface area contributed by atoms with Gasteiger partial charge in [0, 0.05) is 15.6 Å². The highest BCUT2D eigenvalue weighted by Crippen LogP contribution is 2.36. The van der Waals surface area contributed by atoms with E-state index in [1.165, 1.54) is 0 Å². The summed E-state index contributed by atoms with van der Waals surface area (Å²) in [6.07, 6.45) is 0.0713. The summed E-state index contributed by atoms with van der Waals surface area (Å²) in [5.41, 5.74) is 3.09. The van der Waals surface area contributed by atoms with Gasteiger partial charge in [0.05, 0.1) is 22.0 Å². The van der Waals surface area contributed by atoms with Crippen molar-refractivity contribution in [2.24, 2.45) is 0 Å². The molecule has 0 radical (unpaired) electrons. The number of ether oxygens (including phenoxy) is 1. The molecule has 0 aliphatic rings. The molecular formula is C24H20BrN3O2S2. The number of para-hydroxylation sites is 1. The minimum atomic E-state index is -0.294. The van der Waals surface area contributed by atoms with Crippen LogP contribution in [0, 0.1) is 0 Å². The summed E-state index contributed by atoms with van der Waals surface area (Å²) in [7, 11) is 0. The van der Waals surface area contributed by atoms with Crippen LogP contribution in [0.3, 0.4) is 0 Å². The number of fused-ring (bicyclic) bond motifs is 1. The van der Waals surface area contributed by atoms with Gasteiger partial charge in [-0.1, -0.05) is 28.1 Å². The van der Waals surface area contributed by atoms with Crippen LogP contribution in [0.1, 0.15) is 24.2 Å². The van der Waals surface area contributed by atoms with Gasteiger partial charge < -0.3 is 10.1 Å². The van der Waals surface area contributed by atoms with Crippen molar-refractivity contribution >= 4 is 66.4 Å². The van der Waals surface area contributed by atoms with Gasteiger partial charge in [0.25, 0.3) is 5.91 Å². The van der Waals surface area contributed by atoms with Crippen molar-refractivity contribution in [3.63, 3.8) is 0 Å². The van der Waals surface area contributed by atoms with Crippen LogP contribution in [-0.2, 0) is 0 Å². The Kier molecular flexibility index (Phi) is 6.83. The SMILES string of the molecule is CC(C)Oc1ccc(C(=O)NC(=S)Nc2ccc(Br)cc2-c2nc3ccccc3s2)cc1. The Morgan fingerprint density at radius 1 is 1.09 bits per heavy atom. The first-order chi connectivity index (χ1) is 15.4. The topological polar surface area (TPSA) is 63.2 Å². The summed E-state index contributed by atoms with van der Waals surface area (Å²) in [4.78, 5) is 17.4. The Bertz CT molecular complexity index is 1250. The third-order valence-corrected chi connectivity index (χ3v) is 6.24. The van der Waals surface area contributed by atoms with Crippen molar-refractivity contribution in [2.75, 3.05) is 5.32 Å². The van der Waals surface area contributed by atoms with E-state index in [-0.39, 0.29) is 17.1 Å². The van der Waals surface area contributed by atoms with Crippen molar-refractivity contribution in [1.82, 2.24) is 10.3 Å². The van der Waals surface area contributed by atoms with Crippen molar-refractivity contribution in [3.8, 4) is 16.3 Å². The predicted octanol–water partition coefficient (Wildman–Crippen LogP) is 6.64. The van der Waals surface area contributed by atoms with Crippen LogP contribution in [0.15, 0.2) is 71.2 Å². The molecule has 4 rings (SSSR count). The summed E-state index contributed by atoms with van der Waals surface area (Å²) in [5, 5.41) is 6.95. The largest absolute Gasteiger partial charge is 0.491 e. The first-order valence-corrected chi connectivity index (χ1v) is 12.0. The van der Waals surface area contributed by atoms with Gasteiger partial charge in [0.2, 0.25) is 0 Å². The average Bonchev–Trinajstić information content (AvgIpc) is 3.19. The number of hydrogen-bond acceptors (Lipinski definition) is 5. The maximum absolute atomic E-state index is 12.6. The van der Waals surface area contributed by atoms with Gasteiger partial charge >= 0.3 is 0 Å². The molecular weight excluding hydrogens is 506 g/mol. The molecule has 5 nitrogen and oxygen atoms in total. The quantitative estimate of drug-likeness (QED) is 0.286. The fraction of sp³-hybridized carbons (Fsp3) is 0.125. The molecule has 32 heavy (non-hydrogen) atoms. The van der Waals surface area contributed by atoms with Gasteiger partial charge in [-0.15, -0.1) is 11.3 Å². The molecule has 0 aliphatic heterocycles. The zero-order chi connectivity index (χ0) is 22.7. The van der Waals surface area contributed by atoms with E-state index >= 15 is 0 Å². The van der Waals surface area contributed by atoms with Crippen LogP contribution >= 0.6 is 39.5 Å². The third kappa shape index (κ3) is 5.32. The molecule has 0 atom stereocenters. The first-order valence-electron chi connectivity index (χ1n) is 9.93. The molecule has 4 aromatic rings. The molecule has 3 aromatic carbocycles. The smallest absolute Gasteiger partial charge is 0.257 e. The summed E-state index contributed by atoms with van der Waals surface area (Å²) < 4.78 is 7.65. The van der Waals surface area contributed by atoms with Crippen LogP contribution < -0.4 is 15.4 Å². The van der Waals surface area contributed by atoms with E-state index in [0.29, 0.717) is 11.3 Å². The van der Waals surface area contributed by atoms with Crippen molar-refractivity contribution in [2.45, 2.75) is 20.0 Å². The molecule has 1 aromatic heterocycles. The van der Waals surface area contributed by atoms with Crippen LogP contribution in [0.25, 0.3) is 20.8 Å². The number of aromatic nitrogens is 1. The number of anilines is 1. The molecule has 162 valence electrons. The number of rotatable bonds is 5. The Labute approximate surface area is 204 Å². The lowest BCUT2D eigenvalue weighted by Crippen LogP contribution is -2.34. The lowest BCUT2D eigenvalue weighted by molar-refractivity contribution is 0.0977. The zero-order valence-corrected chi connectivity index (χ0v) is 20.6. The molecule has 2 N–H and O–H groups in total. The van der Waals surface area contributed by atoms with Crippen LogP contribution in [0.5, 0.6) is 5.75 Å². The molecule has 8 heteroatoms. The lowest BCUT2D eigenvalue weighted by Gasteiger charge is -2.13. The van der Waals surface area contributed by atoms with Gasteiger partial charge in [0.1, 0.15) is 10.8 Å². The molecule has 0 spiro atoms. The Morgan fingerprint density at radius 2 is 1.84 bits per heavy atom. The van der Waals surface area contributed by atoms with Gasteiger partial charge in [-0.2, -0.15) is 0 Å². The molecule has 0 saturated heterocycles. The fourth-order valence-electron chi connectivity index (χ4n) is 3.08. The highest BCUT2D eigenvalue weighted by molar-refractivity contribution is 9.10. The summed E-state index contributed by atoms with van der Waals surface area (Å²) in [6, 6.07) is 20.8. The van der Waals surface area contributed by atoms with E-state index in [2.05, 4.69) is 26.6 Å². The Balaban J connectivity index is 1.50. The number of thiocarbonyl (C=S) groups is 1. The minimum Gasteiger partial charge on any atom is -0.491 e. The number of amides is 1. The van der Waals surface area contributed by atoms with Crippen LogP contribution in [-0.4, -0.2) is 22.1 Å². The predicted molar refractivity (Wildman–Crippen MR) is 139 cm³/mol. The van der Waals surface area contributed by atoms with Gasteiger partial charge in [-0.3, -0.25) is 10.1 Å². The third-order valence-electron chi connectivity index (χ3n) is 4.47. The number of carbonyl (C=O) groups excluding carboxylic acids is 1. The van der Waals surface area contributed by atoms with Gasteiger partial charge in [0.15, 0.2) is 5.11 Å². The maximum Gasteiger partial charge on any atom is 0.257 e. The second-order valence-electron chi connectivity index (χ2n) is 7.28. The Morgan fingerprint density at radius 3 is 2.56 bits per heavy atom. The number of nitrogens with zero attached hydrogens (tertiary/aromatic N) is 1.